The predicted molar refractivity (Wildman–Crippen MR) is 95.5 cm³/mol. The van der Waals surface area contributed by atoms with E-state index in [1.54, 1.807) is 44.6 Å². The van der Waals surface area contributed by atoms with Crippen LogP contribution in [0.4, 0.5) is 10.5 Å². The van der Waals surface area contributed by atoms with Crippen LogP contribution >= 0.6 is 0 Å². The van der Waals surface area contributed by atoms with Gasteiger partial charge in [0.15, 0.2) is 0 Å². The van der Waals surface area contributed by atoms with Gasteiger partial charge in [-0.1, -0.05) is 26.8 Å². The molecule has 0 radical (unpaired) electrons. The number of aromatic nitrogens is 1. The largest absolute Gasteiger partial charge is 0.443 e. The molecule has 0 saturated heterocycles. The quantitative estimate of drug-likeness (QED) is 0.892. The maximum atomic E-state index is 12.0. The zero-order chi connectivity index (χ0) is 18.6. The van der Waals surface area contributed by atoms with Crippen molar-refractivity contribution >= 4 is 17.6 Å². The molecule has 0 fully saturated rings. The number of nitrogens with zero attached hydrogens (tertiary/aromatic N) is 2. The number of oxazole rings is 1. The van der Waals surface area contributed by atoms with Crippen molar-refractivity contribution in [2.24, 2.45) is 0 Å². The van der Waals surface area contributed by atoms with E-state index >= 15 is 0 Å². The van der Waals surface area contributed by atoms with E-state index in [2.05, 4.69) is 15.6 Å². The lowest BCUT2D eigenvalue weighted by Gasteiger charge is -2.13. The fourth-order valence-electron chi connectivity index (χ4n) is 2.06. The minimum absolute atomic E-state index is 0.126. The molecule has 2 aromatic rings. The third-order valence-corrected chi connectivity index (χ3v) is 3.47. The number of benzene rings is 1. The van der Waals surface area contributed by atoms with Crippen molar-refractivity contribution in [3.05, 3.63) is 47.7 Å². The van der Waals surface area contributed by atoms with Crippen molar-refractivity contribution in [2.75, 3.05) is 19.4 Å². The van der Waals surface area contributed by atoms with Gasteiger partial charge in [-0.25, -0.2) is 9.78 Å². The lowest BCUT2D eigenvalue weighted by atomic mass is 9.94. The van der Waals surface area contributed by atoms with Crippen molar-refractivity contribution in [2.45, 2.75) is 32.7 Å². The lowest BCUT2D eigenvalue weighted by Crippen LogP contribution is -2.28. The van der Waals surface area contributed by atoms with Crippen LogP contribution in [0.2, 0.25) is 0 Å². The molecule has 3 amide bonds. The van der Waals surface area contributed by atoms with Gasteiger partial charge >= 0.3 is 6.03 Å². The van der Waals surface area contributed by atoms with E-state index in [0.717, 1.165) is 5.76 Å². The summed E-state index contributed by atoms with van der Waals surface area (Å²) in [6.45, 7) is 6.26. The molecule has 134 valence electrons. The molecule has 0 unspecified atom stereocenters. The first kappa shape index (κ1) is 18.5. The van der Waals surface area contributed by atoms with Gasteiger partial charge in [0, 0.05) is 30.8 Å². The Hall–Kier alpha value is -2.83. The van der Waals surface area contributed by atoms with Crippen LogP contribution in [-0.4, -0.2) is 35.9 Å². The molecule has 7 heteroatoms. The van der Waals surface area contributed by atoms with Crippen LogP contribution in [0.1, 0.15) is 42.8 Å². The third kappa shape index (κ3) is 5.07. The standard InChI is InChI=1S/C18H24N4O3/c1-18(2,3)14-10-19-15(25-14)11-20-17(24)21-13-8-6-7-12(9-13)16(23)22(4)5/h6-10H,11H2,1-5H3,(H2,20,21,24). The first-order valence-electron chi connectivity index (χ1n) is 7.98. The van der Waals surface area contributed by atoms with Crippen LogP contribution in [-0.2, 0) is 12.0 Å². The Morgan fingerprint density at radius 1 is 1.24 bits per heavy atom. The van der Waals surface area contributed by atoms with Gasteiger partial charge in [-0.15, -0.1) is 0 Å². The smallest absolute Gasteiger partial charge is 0.319 e. The highest BCUT2D eigenvalue weighted by molar-refractivity contribution is 5.96. The number of hydrogen-bond acceptors (Lipinski definition) is 4. The SMILES string of the molecule is CN(C)C(=O)c1cccc(NC(=O)NCc2ncc(C(C)(C)C)o2)c1. The van der Waals surface area contributed by atoms with Gasteiger partial charge in [0.05, 0.1) is 12.7 Å². The van der Waals surface area contributed by atoms with Gasteiger partial charge in [-0.3, -0.25) is 4.79 Å². The number of hydrogen-bond donors (Lipinski definition) is 2. The van der Waals surface area contributed by atoms with Crippen LogP contribution in [0.5, 0.6) is 0 Å². The van der Waals surface area contributed by atoms with Gasteiger partial charge in [0.2, 0.25) is 5.89 Å². The zero-order valence-corrected chi connectivity index (χ0v) is 15.2. The maximum absolute atomic E-state index is 12.0. The molecule has 0 atom stereocenters. The fourth-order valence-corrected chi connectivity index (χ4v) is 2.06. The summed E-state index contributed by atoms with van der Waals surface area (Å²) in [7, 11) is 3.36. The van der Waals surface area contributed by atoms with E-state index in [0.29, 0.717) is 17.1 Å². The first-order valence-corrected chi connectivity index (χ1v) is 7.98. The molecule has 0 saturated carbocycles. The maximum Gasteiger partial charge on any atom is 0.319 e. The van der Waals surface area contributed by atoms with Crippen molar-refractivity contribution in [1.29, 1.82) is 0 Å². The highest BCUT2D eigenvalue weighted by Gasteiger charge is 2.19. The van der Waals surface area contributed by atoms with E-state index < -0.39 is 6.03 Å². The normalized spacial score (nSPS) is 11.1. The van der Waals surface area contributed by atoms with Crippen molar-refractivity contribution in [3.8, 4) is 0 Å². The number of anilines is 1. The van der Waals surface area contributed by atoms with Crippen LogP contribution in [0.25, 0.3) is 0 Å². The molecule has 25 heavy (non-hydrogen) atoms. The molecular weight excluding hydrogens is 320 g/mol. The zero-order valence-electron chi connectivity index (χ0n) is 15.2. The summed E-state index contributed by atoms with van der Waals surface area (Å²) in [6, 6.07) is 6.37. The number of nitrogens with one attached hydrogen (secondary N) is 2. The van der Waals surface area contributed by atoms with Crippen LogP contribution in [0.15, 0.2) is 34.9 Å². The molecule has 0 bridgehead atoms. The molecule has 0 aliphatic rings. The molecule has 2 rings (SSSR count). The van der Waals surface area contributed by atoms with E-state index in [-0.39, 0.29) is 17.9 Å². The molecule has 0 aliphatic heterocycles. The molecule has 2 N–H and O–H groups in total. The topological polar surface area (TPSA) is 87.5 Å². The number of carbonyl (C=O) groups is 2. The van der Waals surface area contributed by atoms with E-state index in [1.807, 2.05) is 20.8 Å². The molecule has 1 aromatic heterocycles. The minimum atomic E-state index is -0.398. The Balaban J connectivity index is 1.93. The molecule has 0 aliphatic carbocycles. The second-order valence-corrected chi connectivity index (χ2v) is 6.96. The highest BCUT2D eigenvalue weighted by atomic mass is 16.4. The van der Waals surface area contributed by atoms with Crippen LogP contribution in [0.3, 0.4) is 0 Å². The monoisotopic (exact) mass is 344 g/mol. The summed E-state index contributed by atoms with van der Waals surface area (Å²) < 4.78 is 5.62. The van der Waals surface area contributed by atoms with E-state index in [9.17, 15) is 9.59 Å². The molecule has 0 spiro atoms. The lowest BCUT2D eigenvalue weighted by molar-refractivity contribution is 0.0827. The minimum Gasteiger partial charge on any atom is -0.443 e. The summed E-state index contributed by atoms with van der Waals surface area (Å²) in [4.78, 5) is 29.6. The average Bonchev–Trinajstić information content (AvgIpc) is 3.01. The van der Waals surface area contributed by atoms with Gasteiger partial charge in [-0.05, 0) is 18.2 Å². The van der Waals surface area contributed by atoms with Gasteiger partial charge in [0.25, 0.3) is 5.91 Å². The Kier molecular flexibility index (Phi) is 5.46. The van der Waals surface area contributed by atoms with E-state index in [4.69, 9.17) is 4.42 Å². The van der Waals surface area contributed by atoms with Crippen LogP contribution in [0, 0.1) is 0 Å². The van der Waals surface area contributed by atoms with Crippen molar-refractivity contribution in [3.63, 3.8) is 0 Å². The summed E-state index contributed by atoms with van der Waals surface area (Å²) in [5.41, 5.74) is 0.908. The Morgan fingerprint density at radius 2 is 1.96 bits per heavy atom. The van der Waals surface area contributed by atoms with Gasteiger partial charge in [0.1, 0.15) is 5.76 Å². The van der Waals surface area contributed by atoms with E-state index in [1.165, 1.54) is 4.90 Å². The summed E-state index contributed by atoms with van der Waals surface area (Å²) in [5, 5.41) is 5.38. The number of amides is 3. The number of rotatable bonds is 4. The number of carbonyl (C=O) groups excluding carboxylic acids is 2. The highest BCUT2D eigenvalue weighted by Crippen LogP contribution is 2.22. The fraction of sp³-hybridized carbons (Fsp3) is 0.389. The van der Waals surface area contributed by atoms with Crippen molar-refractivity contribution in [1.82, 2.24) is 15.2 Å². The summed E-state index contributed by atoms with van der Waals surface area (Å²) >= 11 is 0. The van der Waals surface area contributed by atoms with Crippen LogP contribution < -0.4 is 10.6 Å². The Bertz CT molecular complexity index is 760. The second-order valence-electron chi connectivity index (χ2n) is 6.96. The van der Waals surface area contributed by atoms with Crippen molar-refractivity contribution < 1.29 is 14.0 Å². The molecule has 1 aromatic carbocycles. The predicted octanol–water partition coefficient (Wildman–Crippen LogP) is 3.00. The first-order chi connectivity index (χ1) is 11.7. The summed E-state index contributed by atoms with van der Waals surface area (Å²) in [5.74, 6) is 1.08. The Labute approximate surface area is 147 Å². The third-order valence-electron chi connectivity index (χ3n) is 3.47. The summed E-state index contributed by atoms with van der Waals surface area (Å²) in [6.07, 6.45) is 1.67. The number of urea groups is 1. The Morgan fingerprint density at radius 3 is 2.56 bits per heavy atom. The van der Waals surface area contributed by atoms with Gasteiger partial charge in [-0.2, -0.15) is 0 Å². The molecule has 1 heterocycles. The molecular formula is C18H24N4O3. The van der Waals surface area contributed by atoms with Gasteiger partial charge < -0.3 is 20.0 Å². The molecule has 7 nitrogen and oxygen atoms in total. The average molecular weight is 344 g/mol. The second kappa shape index (κ2) is 7.38.